The molecule has 0 bridgehead atoms. The van der Waals surface area contributed by atoms with E-state index in [0.29, 0.717) is 33.7 Å². The summed E-state index contributed by atoms with van der Waals surface area (Å²) in [5.74, 6) is -0.528. The van der Waals surface area contributed by atoms with Gasteiger partial charge in [0.2, 0.25) is 11.6 Å². The molecule has 3 aromatic carbocycles. The smallest absolute Gasteiger partial charge is 0.201 e. The summed E-state index contributed by atoms with van der Waals surface area (Å²) < 4.78 is 19.3. The zero-order valence-corrected chi connectivity index (χ0v) is 15.5. The Morgan fingerprint density at radius 2 is 1.50 bits per heavy atom. The second-order valence-corrected chi connectivity index (χ2v) is 6.77. The number of carbonyl (C=O) groups is 2. The molecule has 0 fully saturated rings. The Morgan fingerprint density at radius 1 is 0.893 bits per heavy atom. The number of halogens is 1. The Labute approximate surface area is 162 Å². The van der Waals surface area contributed by atoms with Gasteiger partial charge in [-0.25, -0.2) is 4.39 Å². The second-order valence-electron chi connectivity index (χ2n) is 6.77. The highest BCUT2D eigenvalue weighted by molar-refractivity contribution is 6.34. The Kier molecular flexibility index (Phi) is 4.23. The predicted molar refractivity (Wildman–Crippen MR) is 105 cm³/mol. The zero-order valence-electron chi connectivity index (χ0n) is 15.5. The highest BCUT2D eigenvalue weighted by Gasteiger charge is 2.54. The predicted octanol–water partition coefficient (Wildman–Crippen LogP) is 4.53. The monoisotopic (exact) mass is 375 g/mol. The van der Waals surface area contributed by atoms with Crippen molar-refractivity contribution in [3.05, 3.63) is 94.8 Å². The number of hydrogen-bond acceptors (Lipinski definition) is 4. The third-order valence-electron chi connectivity index (χ3n) is 5.12. The molecule has 4 rings (SSSR count). The number of anilines is 1. The van der Waals surface area contributed by atoms with E-state index in [0.717, 1.165) is 0 Å². The van der Waals surface area contributed by atoms with E-state index in [9.17, 15) is 14.0 Å². The molecule has 28 heavy (non-hydrogen) atoms. The van der Waals surface area contributed by atoms with Gasteiger partial charge in [0.15, 0.2) is 5.54 Å². The van der Waals surface area contributed by atoms with Gasteiger partial charge in [0, 0.05) is 16.8 Å². The third-order valence-corrected chi connectivity index (χ3v) is 5.12. The van der Waals surface area contributed by atoms with Gasteiger partial charge >= 0.3 is 0 Å². The van der Waals surface area contributed by atoms with Crippen LogP contribution in [0.25, 0.3) is 0 Å². The first-order valence-corrected chi connectivity index (χ1v) is 8.85. The van der Waals surface area contributed by atoms with Crippen molar-refractivity contribution in [1.82, 2.24) is 0 Å². The molecule has 0 saturated heterocycles. The fraction of sp³-hybridized carbons (Fsp3) is 0.130. The standard InChI is InChI=1S/C23H18FNO3/c1-14-7-10-16(13-20(14)24)25-23(15-8-11-17(28-2)12-9-15)21(26)18-5-3-4-6-19(18)22(23)27/h3-13,25H,1-2H3. The summed E-state index contributed by atoms with van der Waals surface area (Å²) in [4.78, 5) is 26.9. The van der Waals surface area contributed by atoms with E-state index in [2.05, 4.69) is 5.32 Å². The van der Waals surface area contributed by atoms with Gasteiger partial charge in [-0.05, 0) is 42.3 Å². The van der Waals surface area contributed by atoms with E-state index in [-0.39, 0.29) is 11.6 Å². The van der Waals surface area contributed by atoms with Crippen LogP contribution >= 0.6 is 0 Å². The first-order valence-electron chi connectivity index (χ1n) is 8.85. The number of ketones is 2. The van der Waals surface area contributed by atoms with Crippen LogP contribution in [0, 0.1) is 12.7 Å². The highest BCUT2D eigenvalue weighted by Crippen LogP contribution is 2.41. The number of hydrogen-bond donors (Lipinski definition) is 1. The summed E-state index contributed by atoms with van der Waals surface area (Å²) in [6.07, 6.45) is 0. The first-order chi connectivity index (χ1) is 13.5. The number of rotatable bonds is 4. The molecule has 140 valence electrons. The van der Waals surface area contributed by atoms with Crippen LogP contribution in [0.15, 0.2) is 66.7 Å². The number of aryl methyl sites for hydroxylation is 1. The summed E-state index contributed by atoms with van der Waals surface area (Å²) >= 11 is 0. The number of benzene rings is 3. The summed E-state index contributed by atoms with van der Waals surface area (Å²) in [5.41, 5.74) is 0.356. The lowest BCUT2D eigenvalue weighted by molar-refractivity contribution is 0.0818. The van der Waals surface area contributed by atoms with E-state index < -0.39 is 11.4 Å². The van der Waals surface area contributed by atoms with Gasteiger partial charge in [0.25, 0.3) is 0 Å². The molecule has 1 aliphatic carbocycles. The molecule has 4 nitrogen and oxygen atoms in total. The van der Waals surface area contributed by atoms with Crippen LogP contribution in [-0.2, 0) is 5.54 Å². The van der Waals surface area contributed by atoms with Crippen molar-refractivity contribution >= 4 is 17.3 Å². The fourth-order valence-corrected chi connectivity index (χ4v) is 3.56. The lowest BCUT2D eigenvalue weighted by Gasteiger charge is -2.29. The van der Waals surface area contributed by atoms with Crippen molar-refractivity contribution in [1.29, 1.82) is 0 Å². The minimum atomic E-state index is -1.66. The van der Waals surface area contributed by atoms with E-state index in [1.165, 1.54) is 6.07 Å². The number of methoxy groups -OCH3 is 1. The van der Waals surface area contributed by atoms with Crippen LogP contribution in [0.3, 0.4) is 0 Å². The van der Waals surface area contributed by atoms with Gasteiger partial charge in [-0.3, -0.25) is 9.59 Å². The topological polar surface area (TPSA) is 55.4 Å². The fourth-order valence-electron chi connectivity index (χ4n) is 3.56. The minimum Gasteiger partial charge on any atom is -0.497 e. The quantitative estimate of drug-likeness (QED) is 0.681. The van der Waals surface area contributed by atoms with Gasteiger partial charge < -0.3 is 10.1 Å². The molecule has 0 saturated carbocycles. The van der Waals surface area contributed by atoms with Crippen molar-refractivity contribution in [3.8, 4) is 5.75 Å². The number of Topliss-reactive ketones (excluding diaryl/α,β-unsaturated/α-hetero) is 2. The average Bonchev–Trinajstić information content (AvgIpc) is 2.94. The number of ether oxygens (including phenoxy) is 1. The third kappa shape index (κ3) is 2.59. The minimum absolute atomic E-state index is 0.350. The molecule has 0 radical (unpaired) electrons. The SMILES string of the molecule is COc1ccc(C2(Nc3ccc(C)c(F)c3)C(=O)c3ccccc3C2=O)cc1. The van der Waals surface area contributed by atoms with E-state index in [1.807, 2.05) is 0 Å². The van der Waals surface area contributed by atoms with E-state index in [4.69, 9.17) is 4.74 Å². The van der Waals surface area contributed by atoms with Crippen LogP contribution in [0.1, 0.15) is 31.8 Å². The lowest BCUT2D eigenvalue weighted by atomic mass is 9.84. The molecule has 0 amide bonds. The van der Waals surface area contributed by atoms with Crippen molar-refractivity contribution in [2.24, 2.45) is 0 Å². The lowest BCUT2D eigenvalue weighted by Crippen LogP contribution is -2.46. The van der Waals surface area contributed by atoms with Crippen LogP contribution in [-0.4, -0.2) is 18.7 Å². The maximum absolute atomic E-state index is 14.1. The molecular formula is C23H18FNO3. The largest absolute Gasteiger partial charge is 0.497 e. The van der Waals surface area contributed by atoms with Crippen LogP contribution in [0.4, 0.5) is 10.1 Å². The molecule has 3 aromatic rings. The molecule has 0 unspecified atom stereocenters. The van der Waals surface area contributed by atoms with Crippen LogP contribution in [0.5, 0.6) is 5.75 Å². The maximum Gasteiger partial charge on any atom is 0.201 e. The molecule has 0 spiro atoms. The molecule has 1 N–H and O–H groups in total. The highest BCUT2D eigenvalue weighted by atomic mass is 19.1. The number of fused-ring (bicyclic) bond motifs is 1. The van der Waals surface area contributed by atoms with Gasteiger partial charge in [0.05, 0.1) is 7.11 Å². The first kappa shape index (κ1) is 17.9. The van der Waals surface area contributed by atoms with Crippen molar-refractivity contribution in [2.45, 2.75) is 12.5 Å². The normalized spacial score (nSPS) is 14.7. The van der Waals surface area contributed by atoms with E-state index >= 15 is 0 Å². The molecule has 1 aliphatic rings. The molecule has 5 heteroatoms. The molecular weight excluding hydrogens is 357 g/mol. The van der Waals surface area contributed by atoms with Crippen LogP contribution < -0.4 is 10.1 Å². The van der Waals surface area contributed by atoms with Crippen molar-refractivity contribution in [2.75, 3.05) is 12.4 Å². The van der Waals surface area contributed by atoms with Gasteiger partial charge in [-0.1, -0.05) is 42.5 Å². The Balaban J connectivity index is 1.90. The molecule has 0 aromatic heterocycles. The van der Waals surface area contributed by atoms with E-state index in [1.54, 1.807) is 74.7 Å². The average molecular weight is 375 g/mol. The van der Waals surface area contributed by atoms with Crippen LogP contribution in [0.2, 0.25) is 0 Å². The number of carbonyl (C=O) groups excluding carboxylic acids is 2. The molecule has 0 atom stereocenters. The van der Waals surface area contributed by atoms with Gasteiger partial charge in [-0.15, -0.1) is 0 Å². The second kappa shape index (κ2) is 6.60. The summed E-state index contributed by atoms with van der Waals surface area (Å²) in [6.45, 7) is 1.65. The maximum atomic E-state index is 14.1. The summed E-state index contributed by atoms with van der Waals surface area (Å²) in [6, 6.07) is 18.0. The Bertz CT molecular complexity index is 1050. The Hall–Kier alpha value is -3.47. The van der Waals surface area contributed by atoms with Gasteiger partial charge in [-0.2, -0.15) is 0 Å². The summed E-state index contributed by atoms with van der Waals surface area (Å²) in [7, 11) is 1.54. The summed E-state index contributed by atoms with van der Waals surface area (Å²) in [5, 5.41) is 3.04. The van der Waals surface area contributed by atoms with Crippen molar-refractivity contribution in [3.63, 3.8) is 0 Å². The van der Waals surface area contributed by atoms with Gasteiger partial charge in [0.1, 0.15) is 11.6 Å². The number of nitrogens with one attached hydrogen (secondary N) is 1. The molecule has 0 aliphatic heterocycles. The Morgan fingerprint density at radius 3 is 2.04 bits per heavy atom. The van der Waals surface area contributed by atoms with Crippen molar-refractivity contribution < 1.29 is 18.7 Å². The zero-order chi connectivity index (χ0) is 19.9. The molecule has 0 heterocycles.